The fourth-order valence-corrected chi connectivity index (χ4v) is 2.54. The van der Waals surface area contributed by atoms with E-state index in [1.54, 1.807) is 6.20 Å². The summed E-state index contributed by atoms with van der Waals surface area (Å²) < 4.78 is 5.37. The van der Waals surface area contributed by atoms with Crippen molar-refractivity contribution >= 4 is 0 Å². The second kappa shape index (κ2) is 5.09. The van der Waals surface area contributed by atoms with Crippen molar-refractivity contribution in [3.05, 3.63) is 29.8 Å². The van der Waals surface area contributed by atoms with E-state index < -0.39 is 0 Å². The molecule has 0 amide bonds. The maximum Gasteiger partial charge on any atom is 0.230 e. The zero-order valence-electron chi connectivity index (χ0n) is 10.9. The smallest absolute Gasteiger partial charge is 0.230 e. The number of pyridine rings is 1. The molecule has 1 N–H and O–H groups in total. The largest absolute Gasteiger partial charge is 0.393 e. The minimum Gasteiger partial charge on any atom is -0.393 e. The lowest BCUT2D eigenvalue weighted by atomic mass is 9.87. The Morgan fingerprint density at radius 1 is 1.26 bits per heavy atom. The highest BCUT2D eigenvalue weighted by Crippen LogP contribution is 2.32. The minimum absolute atomic E-state index is 0.170. The Morgan fingerprint density at radius 2 is 2.05 bits per heavy atom. The van der Waals surface area contributed by atoms with Crippen LogP contribution in [0, 0.1) is 6.92 Å². The normalized spacial score (nSPS) is 23.5. The van der Waals surface area contributed by atoms with Crippen LogP contribution in [0.25, 0.3) is 11.5 Å². The van der Waals surface area contributed by atoms with Gasteiger partial charge in [-0.15, -0.1) is 0 Å². The highest BCUT2D eigenvalue weighted by molar-refractivity contribution is 5.53. The van der Waals surface area contributed by atoms with E-state index in [4.69, 9.17) is 4.52 Å². The van der Waals surface area contributed by atoms with Gasteiger partial charge in [0.1, 0.15) is 5.69 Å². The van der Waals surface area contributed by atoms with Crippen molar-refractivity contribution in [2.75, 3.05) is 0 Å². The van der Waals surface area contributed by atoms with Crippen molar-refractivity contribution < 1.29 is 9.63 Å². The number of aliphatic hydroxyl groups is 1. The maximum absolute atomic E-state index is 9.52. The molecular weight excluding hydrogens is 242 g/mol. The standard InChI is InChI=1S/C14H17N3O2/c1-9-3-2-8-15-12(9)13-16-14(19-17-13)10-4-6-11(18)7-5-10/h2-3,8,10-11,18H,4-7H2,1H3. The third kappa shape index (κ3) is 2.51. The van der Waals surface area contributed by atoms with Gasteiger partial charge in [-0.2, -0.15) is 4.98 Å². The summed E-state index contributed by atoms with van der Waals surface area (Å²) in [5, 5.41) is 13.5. The van der Waals surface area contributed by atoms with Crippen LogP contribution in [0.3, 0.4) is 0 Å². The average Bonchev–Trinajstić information content (AvgIpc) is 2.89. The third-order valence-electron chi connectivity index (χ3n) is 3.71. The van der Waals surface area contributed by atoms with Gasteiger partial charge in [-0.3, -0.25) is 4.98 Å². The van der Waals surface area contributed by atoms with Crippen LogP contribution in [0.2, 0.25) is 0 Å². The molecule has 0 bridgehead atoms. The monoisotopic (exact) mass is 259 g/mol. The second-order valence-electron chi connectivity index (χ2n) is 5.13. The molecule has 5 heteroatoms. The lowest BCUT2D eigenvalue weighted by molar-refractivity contribution is 0.116. The van der Waals surface area contributed by atoms with E-state index in [1.165, 1.54) is 0 Å². The lowest BCUT2D eigenvalue weighted by Crippen LogP contribution is -2.17. The van der Waals surface area contributed by atoms with Gasteiger partial charge < -0.3 is 9.63 Å². The minimum atomic E-state index is -0.170. The van der Waals surface area contributed by atoms with Gasteiger partial charge in [-0.05, 0) is 44.2 Å². The SMILES string of the molecule is Cc1cccnc1-c1noc(C2CCC(O)CC2)n1. The molecule has 5 nitrogen and oxygen atoms in total. The summed E-state index contributed by atoms with van der Waals surface area (Å²) in [5.74, 6) is 1.50. The van der Waals surface area contributed by atoms with E-state index in [-0.39, 0.29) is 12.0 Å². The van der Waals surface area contributed by atoms with Crippen molar-refractivity contribution in [3.63, 3.8) is 0 Å². The lowest BCUT2D eigenvalue weighted by Gasteiger charge is -2.22. The third-order valence-corrected chi connectivity index (χ3v) is 3.71. The zero-order valence-corrected chi connectivity index (χ0v) is 10.9. The molecule has 0 radical (unpaired) electrons. The molecule has 0 atom stereocenters. The number of aliphatic hydroxyl groups excluding tert-OH is 1. The van der Waals surface area contributed by atoms with Crippen molar-refractivity contribution in [3.8, 4) is 11.5 Å². The molecule has 1 saturated carbocycles. The van der Waals surface area contributed by atoms with Gasteiger partial charge in [-0.25, -0.2) is 0 Å². The van der Waals surface area contributed by atoms with Crippen molar-refractivity contribution in [1.29, 1.82) is 0 Å². The molecule has 0 aromatic carbocycles. The first-order valence-corrected chi connectivity index (χ1v) is 6.67. The first-order chi connectivity index (χ1) is 9.24. The highest BCUT2D eigenvalue weighted by atomic mass is 16.5. The molecule has 0 aliphatic heterocycles. The Morgan fingerprint density at radius 3 is 2.79 bits per heavy atom. The summed E-state index contributed by atoms with van der Waals surface area (Å²) >= 11 is 0. The van der Waals surface area contributed by atoms with Crippen LogP contribution < -0.4 is 0 Å². The van der Waals surface area contributed by atoms with E-state index in [2.05, 4.69) is 15.1 Å². The van der Waals surface area contributed by atoms with E-state index >= 15 is 0 Å². The summed E-state index contributed by atoms with van der Waals surface area (Å²) in [6.07, 6.45) is 5.00. The number of hydrogen-bond acceptors (Lipinski definition) is 5. The van der Waals surface area contributed by atoms with Crippen LogP contribution in [0.15, 0.2) is 22.9 Å². The molecule has 2 aromatic heterocycles. The molecule has 1 aliphatic carbocycles. The number of nitrogens with zero attached hydrogens (tertiary/aromatic N) is 3. The van der Waals surface area contributed by atoms with Crippen molar-refractivity contribution in [2.45, 2.75) is 44.6 Å². The molecule has 0 unspecified atom stereocenters. The molecule has 0 saturated heterocycles. The quantitative estimate of drug-likeness (QED) is 0.896. The summed E-state index contributed by atoms with van der Waals surface area (Å²) in [4.78, 5) is 8.76. The second-order valence-corrected chi connectivity index (χ2v) is 5.13. The van der Waals surface area contributed by atoms with Gasteiger partial charge in [0.05, 0.1) is 6.10 Å². The summed E-state index contributed by atoms with van der Waals surface area (Å²) in [6, 6.07) is 3.87. The number of rotatable bonds is 2. The number of aryl methyl sites for hydroxylation is 1. The number of hydrogen-bond donors (Lipinski definition) is 1. The molecule has 1 aliphatic rings. The van der Waals surface area contributed by atoms with Crippen LogP contribution in [0.5, 0.6) is 0 Å². The van der Waals surface area contributed by atoms with Gasteiger partial charge in [0.25, 0.3) is 0 Å². The van der Waals surface area contributed by atoms with Gasteiger partial charge >= 0.3 is 0 Å². The maximum atomic E-state index is 9.52. The molecule has 3 rings (SSSR count). The van der Waals surface area contributed by atoms with E-state index in [0.29, 0.717) is 11.7 Å². The predicted octanol–water partition coefficient (Wildman–Crippen LogP) is 2.46. The number of aromatic nitrogens is 3. The van der Waals surface area contributed by atoms with Crippen LogP contribution in [-0.2, 0) is 0 Å². The fourth-order valence-electron chi connectivity index (χ4n) is 2.54. The van der Waals surface area contributed by atoms with E-state index in [0.717, 1.165) is 36.9 Å². The summed E-state index contributed by atoms with van der Waals surface area (Å²) in [7, 11) is 0. The Labute approximate surface area is 111 Å². The molecular formula is C14H17N3O2. The molecule has 19 heavy (non-hydrogen) atoms. The molecule has 2 aromatic rings. The van der Waals surface area contributed by atoms with Crippen LogP contribution in [0.1, 0.15) is 43.1 Å². The van der Waals surface area contributed by atoms with Crippen molar-refractivity contribution in [2.24, 2.45) is 0 Å². The molecule has 1 fully saturated rings. The van der Waals surface area contributed by atoms with Crippen LogP contribution >= 0.6 is 0 Å². The summed E-state index contributed by atoms with van der Waals surface area (Å²) in [6.45, 7) is 1.98. The molecule has 2 heterocycles. The fraction of sp³-hybridized carbons (Fsp3) is 0.500. The van der Waals surface area contributed by atoms with E-state index in [9.17, 15) is 5.11 Å². The molecule has 0 spiro atoms. The van der Waals surface area contributed by atoms with Crippen LogP contribution in [-0.4, -0.2) is 26.3 Å². The average molecular weight is 259 g/mol. The first kappa shape index (κ1) is 12.3. The topological polar surface area (TPSA) is 72.0 Å². The Balaban J connectivity index is 1.82. The summed E-state index contributed by atoms with van der Waals surface area (Å²) in [5.41, 5.74) is 1.81. The zero-order chi connectivity index (χ0) is 13.2. The predicted molar refractivity (Wildman–Crippen MR) is 69.5 cm³/mol. The van der Waals surface area contributed by atoms with Gasteiger partial charge in [0.15, 0.2) is 0 Å². The highest BCUT2D eigenvalue weighted by Gasteiger charge is 2.25. The molecule has 100 valence electrons. The first-order valence-electron chi connectivity index (χ1n) is 6.67. The Bertz CT molecular complexity index is 559. The van der Waals surface area contributed by atoms with Gasteiger partial charge in [-0.1, -0.05) is 11.2 Å². The van der Waals surface area contributed by atoms with E-state index in [1.807, 2.05) is 19.1 Å². The van der Waals surface area contributed by atoms with Gasteiger partial charge in [0.2, 0.25) is 11.7 Å². The van der Waals surface area contributed by atoms with Crippen molar-refractivity contribution in [1.82, 2.24) is 15.1 Å². The Kier molecular flexibility index (Phi) is 3.29. The van der Waals surface area contributed by atoms with Crippen LogP contribution in [0.4, 0.5) is 0 Å². The Hall–Kier alpha value is -1.75. The van der Waals surface area contributed by atoms with Gasteiger partial charge in [0, 0.05) is 12.1 Å².